The minimum Gasteiger partial charge on any atom is -0.502 e. The van der Waals surface area contributed by atoms with Gasteiger partial charge in [0.1, 0.15) is 17.4 Å². The van der Waals surface area contributed by atoms with Gasteiger partial charge in [0.25, 0.3) is 0 Å². The molecule has 0 atom stereocenters. The SMILES string of the molecule is COc1ccc(C(=O)C(C(=O)c2ccc(OC)cc2)c2cc(OC)c(O)c(OC)c2)cc1. The molecule has 0 aliphatic rings. The third-order valence-corrected chi connectivity index (χ3v) is 5.11. The molecule has 166 valence electrons. The van der Waals surface area contributed by atoms with Crippen LogP contribution in [0.1, 0.15) is 32.2 Å². The third kappa shape index (κ3) is 4.51. The first-order chi connectivity index (χ1) is 15.4. The molecule has 0 aliphatic heterocycles. The summed E-state index contributed by atoms with van der Waals surface area (Å²) < 4.78 is 20.8. The number of hydrogen-bond acceptors (Lipinski definition) is 7. The highest BCUT2D eigenvalue weighted by molar-refractivity contribution is 6.20. The van der Waals surface area contributed by atoms with Gasteiger partial charge in [0.15, 0.2) is 23.1 Å². The number of ketones is 2. The number of carbonyl (C=O) groups is 2. The maximum absolute atomic E-state index is 13.5. The lowest BCUT2D eigenvalue weighted by Gasteiger charge is -2.19. The van der Waals surface area contributed by atoms with Crippen LogP contribution >= 0.6 is 0 Å². The Bertz CT molecular complexity index is 1020. The fraction of sp³-hybridized carbons (Fsp3) is 0.200. The van der Waals surface area contributed by atoms with Crippen LogP contribution in [0.4, 0.5) is 0 Å². The van der Waals surface area contributed by atoms with Crippen molar-refractivity contribution in [3.8, 4) is 28.7 Å². The molecule has 0 saturated heterocycles. The normalized spacial score (nSPS) is 10.5. The molecule has 0 unspecified atom stereocenters. The maximum atomic E-state index is 13.5. The van der Waals surface area contributed by atoms with E-state index < -0.39 is 17.5 Å². The number of carbonyl (C=O) groups excluding carboxylic acids is 2. The van der Waals surface area contributed by atoms with Crippen LogP contribution in [0.3, 0.4) is 0 Å². The summed E-state index contributed by atoms with van der Waals surface area (Å²) in [6.07, 6.45) is 0. The lowest BCUT2D eigenvalue weighted by Crippen LogP contribution is -2.23. The van der Waals surface area contributed by atoms with Gasteiger partial charge in [-0.15, -0.1) is 0 Å². The molecule has 3 aromatic rings. The van der Waals surface area contributed by atoms with Crippen molar-refractivity contribution in [1.29, 1.82) is 0 Å². The van der Waals surface area contributed by atoms with Crippen molar-refractivity contribution >= 4 is 11.6 Å². The van der Waals surface area contributed by atoms with Crippen LogP contribution in [-0.2, 0) is 0 Å². The Balaban J connectivity index is 2.13. The molecule has 32 heavy (non-hydrogen) atoms. The summed E-state index contributed by atoms with van der Waals surface area (Å²) in [7, 11) is 5.82. The Morgan fingerprint density at radius 3 is 1.34 bits per heavy atom. The number of aromatic hydroxyl groups is 1. The monoisotopic (exact) mass is 436 g/mol. The largest absolute Gasteiger partial charge is 0.502 e. The zero-order valence-electron chi connectivity index (χ0n) is 18.2. The van der Waals surface area contributed by atoms with Crippen LogP contribution in [0.2, 0.25) is 0 Å². The van der Waals surface area contributed by atoms with Gasteiger partial charge in [-0.05, 0) is 66.2 Å². The Morgan fingerprint density at radius 2 is 1.03 bits per heavy atom. The smallest absolute Gasteiger partial charge is 0.200 e. The molecule has 7 nitrogen and oxygen atoms in total. The second-order valence-corrected chi connectivity index (χ2v) is 6.89. The van der Waals surface area contributed by atoms with Crippen LogP contribution < -0.4 is 18.9 Å². The van der Waals surface area contributed by atoms with Crippen LogP contribution in [0.15, 0.2) is 60.7 Å². The van der Waals surface area contributed by atoms with E-state index in [0.717, 1.165) is 0 Å². The molecule has 0 fully saturated rings. The third-order valence-electron chi connectivity index (χ3n) is 5.11. The summed E-state index contributed by atoms with van der Waals surface area (Å²) >= 11 is 0. The van der Waals surface area contributed by atoms with Gasteiger partial charge in [-0.25, -0.2) is 0 Å². The number of phenolic OH excluding ortho intramolecular Hbond substituents is 1. The number of phenols is 1. The van der Waals surface area contributed by atoms with Crippen LogP contribution in [-0.4, -0.2) is 45.1 Å². The van der Waals surface area contributed by atoms with Gasteiger partial charge in [0.05, 0.1) is 28.4 Å². The summed E-state index contributed by atoms with van der Waals surface area (Å²) in [4.78, 5) is 27.1. The van der Waals surface area contributed by atoms with Gasteiger partial charge in [-0.1, -0.05) is 0 Å². The fourth-order valence-corrected chi connectivity index (χ4v) is 3.35. The Labute approximate surface area is 186 Å². The summed E-state index contributed by atoms with van der Waals surface area (Å²) in [5.74, 6) is -0.873. The van der Waals surface area contributed by atoms with Crippen LogP contribution in [0.25, 0.3) is 0 Å². The van der Waals surface area contributed by atoms with E-state index in [2.05, 4.69) is 0 Å². The average molecular weight is 436 g/mol. The first kappa shape index (κ1) is 22.7. The molecular formula is C25H24O7. The van der Waals surface area contributed by atoms with Crippen molar-refractivity contribution in [2.75, 3.05) is 28.4 Å². The number of methoxy groups -OCH3 is 4. The Kier molecular flexibility index (Phi) is 7.00. The van der Waals surface area contributed by atoms with Gasteiger partial charge in [-0.3, -0.25) is 9.59 Å². The fourth-order valence-electron chi connectivity index (χ4n) is 3.35. The second-order valence-electron chi connectivity index (χ2n) is 6.89. The first-order valence-corrected chi connectivity index (χ1v) is 9.74. The van der Waals surface area contributed by atoms with E-state index in [1.165, 1.54) is 40.6 Å². The van der Waals surface area contributed by atoms with Crippen molar-refractivity contribution in [1.82, 2.24) is 0 Å². The molecule has 0 aliphatic carbocycles. The lowest BCUT2D eigenvalue weighted by atomic mass is 9.84. The summed E-state index contributed by atoms with van der Waals surface area (Å²) in [6.45, 7) is 0. The van der Waals surface area contributed by atoms with Crippen LogP contribution in [0.5, 0.6) is 28.7 Å². The highest BCUT2D eigenvalue weighted by atomic mass is 16.5. The molecule has 1 N–H and O–H groups in total. The topological polar surface area (TPSA) is 91.3 Å². The molecule has 0 radical (unpaired) electrons. The predicted molar refractivity (Wildman–Crippen MR) is 119 cm³/mol. The molecule has 0 spiro atoms. The highest BCUT2D eigenvalue weighted by Crippen LogP contribution is 2.40. The number of benzene rings is 3. The maximum Gasteiger partial charge on any atom is 0.200 e. The van der Waals surface area contributed by atoms with Gasteiger partial charge >= 0.3 is 0 Å². The minimum atomic E-state index is -1.19. The van der Waals surface area contributed by atoms with Crippen molar-refractivity contribution in [2.24, 2.45) is 0 Å². The van der Waals surface area contributed by atoms with E-state index in [9.17, 15) is 14.7 Å². The van der Waals surface area contributed by atoms with Gasteiger partial charge in [0, 0.05) is 11.1 Å². The zero-order chi connectivity index (χ0) is 23.3. The zero-order valence-corrected chi connectivity index (χ0v) is 18.2. The number of hydrogen-bond donors (Lipinski definition) is 1. The predicted octanol–water partition coefficient (Wildman–Crippen LogP) is 4.28. The van der Waals surface area contributed by atoms with Gasteiger partial charge in [0.2, 0.25) is 5.75 Å². The first-order valence-electron chi connectivity index (χ1n) is 9.74. The number of ether oxygens (including phenoxy) is 4. The van der Waals surface area contributed by atoms with Gasteiger partial charge in [-0.2, -0.15) is 0 Å². The molecule has 0 amide bonds. The van der Waals surface area contributed by atoms with E-state index in [1.807, 2.05) is 0 Å². The highest BCUT2D eigenvalue weighted by Gasteiger charge is 2.32. The van der Waals surface area contributed by atoms with E-state index in [0.29, 0.717) is 28.2 Å². The number of Topliss-reactive ketones (excluding diaryl/α,β-unsaturated/α-hetero) is 2. The molecule has 3 aromatic carbocycles. The van der Waals surface area contributed by atoms with Crippen molar-refractivity contribution < 1.29 is 33.6 Å². The summed E-state index contributed by atoms with van der Waals surface area (Å²) in [5.41, 5.74) is 1.01. The van der Waals surface area contributed by atoms with E-state index in [4.69, 9.17) is 18.9 Å². The Morgan fingerprint density at radius 1 is 0.656 bits per heavy atom. The van der Waals surface area contributed by atoms with E-state index >= 15 is 0 Å². The molecule has 3 rings (SSSR count). The average Bonchev–Trinajstić information content (AvgIpc) is 2.84. The number of rotatable bonds is 9. The van der Waals surface area contributed by atoms with Crippen LogP contribution in [0, 0.1) is 0 Å². The quantitative estimate of drug-likeness (QED) is 0.395. The van der Waals surface area contributed by atoms with Crippen molar-refractivity contribution in [3.05, 3.63) is 77.4 Å². The summed E-state index contributed by atoms with van der Waals surface area (Å²) in [5, 5.41) is 10.3. The van der Waals surface area contributed by atoms with Crippen molar-refractivity contribution in [3.63, 3.8) is 0 Å². The van der Waals surface area contributed by atoms with E-state index in [1.54, 1.807) is 48.5 Å². The van der Waals surface area contributed by atoms with Crippen molar-refractivity contribution in [2.45, 2.75) is 5.92 Å². The molecule has 0 bridgehead atoms. The Hall–Kier alpha value is -4.00. The molecular weight excluding hydrogens is 412 g/mol. The molecule has 0 heterocycles. The minimum absolute atomic E-state index is 0.0920. The molecule has 0 saturated carbocycles. The molecule has 7 heteroatoms. The standard InChI is InChI=1S/C25H24O7/c1-29-18-9-5-15(6-10-18)23(26)22(24(27)16-7-11-19(30-2)12-8-16)17-13-20(31-3)25(28)21(14-17)32-4/h5-14,22,28H,1-4H3. The second kappa shape index (κ2) is 9.87. The van der Waals surface area contributed by atoms with Gasteiger partial charge < -0.3 is 24.1 Å². The van der Waals surface area contributed by atoms with E-state index in [-0.39, 0.29) is 17.2 Å². The lowest BCUT2D eigenvalue weighted by molar-refractivity contribution is 0.0860. The molecule has 0 aromatic heterocycles. The summed E-state index contributed by atoms with van der Waals surface area (Å²) in [6, 6.07) is 15.9.